The molecule has 0 N–H and O–H groups in total. The third-order valence-corrected chi connectivity index (χ3v) is 11.6. The summed E-state index contributed by atoms with van der Waals surface area (Å²) in [5.41, 5.74) is 4.35. The third kappa shape index (κ3) is 4.68. The first-order valence-corrected chi connectivity index (χ1v) is 18.1. The molecule has 0 saturated carbocycles. The maximum absolute atomic E-state index is 13.6. The van der Waals surface area contributed by atoms with Crippen molar-refractivity contribution in [2.24, 2.45) is 13.0 Å². The highest BCUT2D eigenvalue weighted by molar-refractivity contribution is 7.93. The van der Waals surface area contributed by atoms with Crippen LogP contribution in [0.3, 0.4) is 0 Å². The molecule has 7 rings (SSSR count). The lowest BCUT2D eigenvalue weighted by Crippen LogP contribution is -2.27. The Bertz CT molecular complexity index is 2160. The highest BCUT2D eigenvalue weighted by atomic mass is 32.2. The SMILES string of the molecule is [2H][C@@](c1ccccc1)(C1CCOCC1)n1c2cc(-c3c(C)nnn3C)cnc2c2c(N3CCCS3(=O)=O)ccc(S(C)(=O)=O)c21. The molecule has 2 aliphatic rings. The van der Waals surface area contributed by atoms with Crippen LogP contribution in [0.1, 0.15) is 37.9 Å². The van der Waals surface area contributed by atoms with Crippen LogP contribution in [0.25, 0.3) is 33.2 Å². The number of sulfone groups is 1. The van der Waals surface area contributed by atoms with Crippen molar-refractivity contribution in [1.82, 2.24) is 24.5 Å². The first-order chi connectivity index (χ1) is 21.4. The van der Waals surface area contributed by atoms with Gasteiger partial charge in [-0.05, 0) is 55.9 Å². The summed E-state index contributed by atoms with van der Waals surface area (Å²) in [6.45, 7) is 3.05. The minimum atomic E-state index is -3.86. The van der Waals surface area contributed by atoms with Crippen molar-refractivity contribution in [2.75, 3.05) is 36.1 Å². The number of hydrogen-bond acceptors (Lipinski definition) is 8. The molecule has 44 heavy (non-hydrogen) atoms. The zero-order valence-electron chi connectivity index (χ0n) is 25.8. The van der Waals surface area contributed by atoms with Crippen LogP contribution in [0, 0.1) is 12.8 Å². The second-order valence-electron chi connectivity index (χ2n) is 11.5. The molecule has 2 aliphatic heterocycles. The summed E-state index contributed by atoms with van der Waals surface area (Å²) in [5, 5.41) is 8.77. The highest BCUT2D eigenvalue weighted by Crippen LogP contribution is 2.46. The van der Waals surface area contributed by atoms with Crippen LogP contribution in [0.4, 0.5) is 5.69 Å². The molecular weight excluding hydrogens is 601 g/mol. The Kier molecular flexibility index (Phi) is 6.72. The van der Waals surface area contributed by atoms with E-state index in [4.69, 9.17) is 9.72 Å². The minimum Gasteiger partial charge on any atom is -0.381 e. The Hall–Kier alpha value is -3.81. The summed E-state index contributed by atoms with van der Waals surface area (Å²) in [7, 11) is -5.71. The maximum atomic E-state index is 13.6. The standard InChI is InChI=1S/C31H34N6O5S2/c1-20-29(35(2)34-33-20)23-18-25-28(32-19-23)27-24(36-14-7-17-44(36,40)41)10-11-26(43(3,38)39)31(27)37(25)30(21-8-5-4-6-9-21)22-12-15-42-16-13-22/h4-6,8-11,18-19,22,30H,7,12-17H2,1-3H3/t30-/m1/s1/i30D. The van der Waals surface area contributed by atoms with Gasteiger partial charge in [0.05, 0.1) is 57.0 Å². The summed E-state index contributed by atoms with van der Waals surface area (Å²) in [4.78, 5) is 4.92. The van der Waals surface area contributed by atoms with Crippen LogP contribution >= 0.6 is 0 Å². The number of rotatable bonds is 6. The lowest BCUT2D eigenvalue weighted by molar-refractivity contribution is 0.0552. The molecule has 11 nitrogen and oxygen atoms in total. The Labute approximate surface area is 257 Å². The van der Waals surface area contributed by atoms with E-state index >= 15 is 0 Å². The van der Waals surface area contributed by atoms with E-state index in [1.807, 2.05) is 43.3 Å². The first-order valence-electron chi connectivity index (χ1n) is 15.1. The number of nitrogens with zero attached hydrogens (tertiary/aromatic N) is 6. The number of pyridine rings is 1. The van der Waals surface area contributed by atoms with Gasteiger partial charge in [-0.3, -0.25) is 9.29 Å². The summed E-state index contributed by atoms with van der Waals surface area (Å²) in [5.74, 6) is -0.262. The number of aromatic nitrogens is 5. The molecule has 3 aromatic heterocycles. The molecule has 0 amide bonds. The van der Waals surface area contributed by atoms with Crippen molar-refractivity contribution in [3.05, 3.63) is 66.0 Å². The van der Waals surface area contributed by atoms with Crippen molar-refractivity contribution < 1.29 is 22.9 Å². The van der Waals surface area contributed by atoms with E-state index in [1.54, 1.807) is 28.6 Å². The molecule has 0 spiro atoms. The third-order valence-electron chi connectivity index (χ3n) is 8.64. The van der Waals surface area contributed by atoms with Crippen LogP contribution in [0.5, 0.6) is 0 Å². The summed E-state index contributed by atoms with van der Waals surface area (Å²) < 4.78 is 74.7. The van der Waals surface area contributed by atoms with Crippen molar-refractivity contribution in [3.8, 4) is 11.3 Å². The van der Waals surface area contributed by atoms with Crippen LogP contribution < -0.4 is 4.31 Å². The van der Waals surface area contributed by atoms with E-state index in [0.717, 1.165) is 11.9 Å². The lowest BCUT2D eigenvalue weighted by atomic mass is 9.86. The molecule has 5 aromatic rings. The van der Waals surface area contributed by atoms with Gasteiger partial charge in [0.2, 0.25) is 10.0 Å². The molecule has 0 unspecified atom stereocenters. The summed E-state index contributed by atoms with van der Waals surface area (Å²) >= 11 is 0. The zero-order chi connectivity index (χ0) is 31.7. The molecule has 0 aliphatic carbocycles. The van der Waals surface area contributed by atoms with Crippen LogP contribution in [0.15, 0.2) is 59.6 Å². The Morgan fingerprint density at radius 1 is 1.11 bits per heavy atom. The number of anilines is 1. The molecular formula is C31H34N6O5S2. The fourth-order valence-corrected chi connectivity index (χ4v) is 9.17. The number of hydrogen-bond donors (Lipinski definition) is 0. The van der Waals surface area contributed by atoms with Crippen LogP contribution in [0.2, 0.25) is 0 Å². The second-order valence-corrected chi connectivity index (χ2v) is 15.5. The van der Waals surface area contributed by atoms with Crippen LogP contribution in [-0.4, -0.2) is 73.1 Å². The van der Waals surface area contributed by atoms with Gasteiger partial charge < -0.3 is 9.30 Å². The van der Waals surface area contributed by atoms with Gasteiger partial charge in [0, 0.05) is 44.8 Å². The van der Waals surface area contributed by atoms with E-state index in [0.29, 0.717) is 71.4 Å². The molecule has 0 radical (unpaired) electrons. The van der Waals surface area contributed by atoms with Crippen molar-refractivity contribution >= 4 is 47.5 Å². The van der Waals surface area contributed by atoms with Gasteiger partial charge >= 0.3 is 0 Å². The van der Waals surface area contributed by atoms with Crippen molar-refractivity contribution in [2.45, 2.75) is 37.1 Å². The van der Waals surface area contributed by atoms with Crippen LogP contribution in [-0.2, 0) is 31.6 Å². The van der Waals surface area contributed by atoms with Gasteiger partial charge in [-0.2, -0.15) is 0 Å². The largest absolute Gasteiger partial charge is 0.381 e. The quantitative estimate of drug-likeness (QED) is 0.271. The summed E-state index contributed by atoms with van der Waals surface area (Å²) in [6.07, 6.45) is 4.42. The van der Waals surface area contributed by atoms with E-state index in [1.165, 1.54) is 10.4 Å². The highest BCUT2D eigenvalue weighted by Gasteiger charge is 2.36. The minimum absolute atomic E-state index is 0.000222. The zero-order valence-corrected chi connectivity index (χ0v) is 26.4. The van der Waals surface area contributed by atoms with Gasteiger partial charge in [-0.1, -0.05) is 35.5 Å². The Morgan fingerprint density at radius 3 is 2.50 bits per heavy atom. The molecule has 230 valence electrons. The molecule has 5 heterocycles. The van der Waals surface area contributed by atoms with Crippen molar-refractivity contribution in [3.63, 3.8) is 0 Å². The number of ether oxygens (including phenoxy) is 1. The predicted octanol–water partition coefficient (Wildman–Crippen LogP) is 4.25. The van der Waals surface area contributed by atoms with Gasteiger partial charge in [-0.25, -0.2) is 21.5 Å². The topological polar surface area (TPSA) is 129 Å². The molecule has 2 saturated heterocycles. The fraction of sp³-hybridized carbons (Fsp3) is 0.387. The molecule has 2 aromatic carbocycles. The van der Waals surface area contributed by atoms with Gasteiger partial charge in [0.25, 0.3) is 0 Å². The predicted molar refractivity (Wildman–Crippen MR) is 169 cm³/mol. The lowest BCUT2D eigenvalue weighted by Gasteiger charge is -2.33. The second kappa shape index (κ2) is 10.7. The molecule has 0 bridgehead atoms. The van der Waals surface area contributed by atoms with Gasteiger partial charge in [0.1, 0.15) is 0 Å². The van der Waals surface area contributed by atoms with Crippen molar-refractivity contribution in [1.29, 1.82) is 0 Å². The molecule has 2 fully saturated rings. The van der Waals surface area contributed by atoms with E-state index < -0.39 is 25.9 Å². The summed E-state index contributed by atoms with van der Waals surface area (Å²) in [6, 6.07) is 12.8. The maximum Gasteiger partial charge on any atom is 0.235 e. The van der Waals surface area contributed by atoms with E-state index in [2.05, 4.69) is 10.3 Å². The number of fused-ring (bicyclic) bond motifs is 3. The average molecular weight is 636 g/mol. The molecule has 13 heteroatoms. The monoisotopic (exact) mass is 635 g/mol. The first kappa shape index (κ1) is 27.7. The molecule has 1 atom stereocenters. The average Bonchev–Trinajstić information content (AvgIpc) is 3.67. The normalized spacial score (nSPS) is 19.4. The van der Waals surface area contributed by atoms with Gasteiger partial charge in [0.15, 0.2) is 9.84 Å². The number of sulfonamides is 1. The fourth-order valence-electron chi connectivity index (χ4n) is 6.73. The number of aryl methyl sites for hydroxylation is 2. The number of benzene rings is 2. The van der Waals surface area contributed by atoms with E-state index in [9.17, 15) is 18.2 Å². The Morgan fingerprint density at radius 2 is 1.86 bits per heavy atom. The smallest absolute Gasteiger partial charge is 0.235 e. The van der Waals surface area contributed by atoms with Gasteiger partial charge in [-0.15, -0.1) is 5.10 Å². The van der Waals surface area contributed by atoms with E-state index in [-0.39, 0.29) is 28.6 Å². The Balaban J connectivity index is 1.70.